The molecule has 1 fully saturated rings. The third-order valence-electron chi connectivity index (χ3n) is 3.34. The minimum atomic E-state index is -0.0586. The van der Waals surface area contributed by atoms with Gasteiger partial charge in [-0.3, -0.25) is 0 Å². The number of anilines is 1. The summed E-state index contributed by atoms with van der Waals surface area (Å²) in [6.45, 7) is 7.22. The van der Waals surface area contributed by atoms with E-state index in [0.29, 0.717) is 6.32 Å². The lowest BCUT2D eigenvalue weighted by Crippen LogP contribution is -2.36. The number of hydrogen-bond acceptors (Lipinski definition) is 2. The lowest BCUT2D eigenvalue weighted by Gasteiger charge is -2.29. The van der Waals surface area contributed by atoms with Gasteiger partial charge in [-0.25, -0.2) is 4.39 Å². The summed E-state index contributed by atoms with van der Waals surface area (Å²) >= 11 is 0. The molecule has 1 aromatic carbocycles. The first kappa shape index (κ1) is 13.4. The maximum atomic E-state index is 14.0. The van der Waals surface area contributed by atoms with Crippen LogP contribution in [0.1, 0.15) is 18.1 Å². The Hall–Kier alpha value is -1.03. The highest BCUT2D eigenvalue weighted by Crippen LogP contribution is 2.23. The van der Waals surface area contributed by atoms with E-state index < -0.39 is 0 Å². The minimum absolute atomic E-state index is 0.0586. The lowest BCUT2D eigenvalue weighted by molar-refractivity contribution is 0.122. The van der Waals surface area contributed by atoms with E-state index in [1.54, 1.807) is 0 Å². The average molecular weight is 248 g/mol. The largest absolute Gasteiger partial charge is 0.378 e. The highest BCUT2D eigenvalue weighted by atomic mass is 19.1. The van der Waals surface area contributed by atoms with Crippen molar-refractivity contribution in [2.75, 3.05) is 31.2 Å². The van der Waals surface area contributed by atoms with Gasteiger partial charge in [0.2, 0.25) is 0 Å². The van der Waals surface area contributed by atoms with Crippen LogP contribution in [-0.2, 0) is 11.1 Å². The summed E-state index contributed by atoms with van der Waals surface area (Å²) in [4.78, 5) is 2.27. The van der Waals surface area contributed by atoms with Crippen molar-refractivity contribution in [1.29, 1.82) is 0 Å². The molecule has 0 unspecified atom stereocenters. The molecule has 1 aliphatic rings. The smallest absolute Gasteiger partial charge is 0.128 e. The van der Waals surface area contributed by atoms with Crippen molar-refractivity contribution in [3.05, 3.63) is 29.1 Å². The molecule has 1 radical (unpaired) electrons. The number of aryl methyl sites for hydroxylation is 1. The van der Waals surface area contributed by atoms with Crippen molar-refractivity contribution in [3.63, 3.8) is 0 Å². The topological polar surface area (TPSA) is 12.5 Å². The summed E-state index contributed by atoms with van der Waals surface area (Å²) in [6, 6.07) is 3.93. The molecule has 0 bridgehead atoms. The standard InChI is InChI=1S/C14H20BFNO/c1-3-15-10-12-9-13(8-11(2)14(12)16)17-4-6-18-7-5-17/h8-9H,3-7,10H2,1-2H3. The van der Waals surface area contributed by atoms with Crippen LogP contribution in [0, 0.1) is 12.7 Å². The van der Waals surface area contributed by atoms with Crippen LogP contribution in [0.5, 0.6) is 0 Å². The minimum Gasteiger partial charge on any atom is -0.378 e. The second kappa shape index (κ2) is 6.23. The third-order valence-corrected chi connectivity index (χ3v) is 3.34. The van der Waals surface area contributed by atoms with Gasteiger partial charge in [-0.1, -0.05) is 19.6 Å². The molecule has 1 aliphatic heterocycles. The van der Waals surface area contributed by atoms with Gasteiger partial charge in [0.15, 0.2) is 0 Å². The molecule has 0 atom stereocenters. The Kier molecular flexibility index (Phi) is 4.64. The summed E-state index contributed by atoms with van der Waals surface area (Å²) in [5.74, 6) is -0.0586. The van der Waals surface area contributed by atoms with E-state index >= 15 is 0 Å². The van der Waals surface area contributed by atoms with E-state index in [1.807, 2.05) is 19.1 Å². The molecule has 0 saturated carbocycles. The van der Waals surface area contributed by atoms with Crippen LogP contribution in [0.3, 0.4) is 0 Å². The summed E-state index contributed by atoms with van der Waals surface area (Å²) in [7, 11) is 2.11. The quantitative estimate of drug-likeness (QED) is 0.759. The van der Waals surface area contributed by atoms with Gasteiger partial charge < -0.3 is 9.64 Å². The van der Waals surface area contributed by atoms with E-state index in [2.05, 4.69) is 19.1 Å². The summed E-state index contributed by atoms with van der Waals surface area (Å²) in [6.07, 6.45) is 1.68. The van der Waals surface area contributed by atoms with E-state index in [1.165, 1.54) is 0 Å². The highest BCUT2D eigenvalue weighted by Gasteiger charge is 2.15. The van der Waals surface area contributed by atoms with Crippen molar-refractivity contribution in [2.24, 2.45) is 0 Å². The van der Waals surface area contributed by atoms with Gasteiger partial charge in [-0.05, 0) is 30.2 Å². The van der Waals surface area contributed by atoms with Crippen LogP contribution in [0.4, 0.5) is 10.1 Å². The van der Waals surface area contributed by atoms with Gasteiger partial charge in [0, 0.05) is 18.8 Å². The predicted molar refractivity (Wildman–Crippen MR) is 74.1 cm³/mol. The van der Waals surface area contributed by atoms with Gasteiger partial charge in [-0.2, -0.15) is 0 Å². The molecule has 4 heteroatoms. The van der Waals surface area contributed by atoms with Crippen molar-refractivity contribution in [1.82, 2.24) is 0 Å². The third kappa shape index (κ3) is 3.05. The van der Waals surface area contributed by atoms with Crippen LogP contribution >= 0.6 is 0 Å². The van der Waals surface area contributed by atoms with E-state index in [-0.39, 0.29) is 5.82 Å². The molecule has 0 N–H and O–H groups in total. The first-order valence-corrected chi connectivity index (χ1v) is 6.65. The zero-order chi connectivity index (χ0) is 13.0. The fourth-order valence-electron chi connectivity index (χ4n) is 2.27. The number of rotatable bonds is 4. The van der Waals surface area contributed by atoms with Crippen molar-refractivity contribution < 1.29 is 9.13 Å². The van der Waals surface area contributed by atoms with Gasteiger partial charge >= 0.3 is 0 Å². The Labute approximate surface area is 109 Å². The van der Waals surface area contributed by atoms with Crippen LogP contribution in [0.15, 0.2) is 12.1 Å². The van der Waals surface area contributed by atoms with Crippen LogP contribution in [-0.4, -0.2) is 33.6 Å². The van der Waals surface area contributed by atoms with Crippen LogP contribution < -0.4 is 4.90 Å². The zero-order valence-electron chi connectivity index (χ0n) is 11.2. The molecule has 0 amide bonds. The summed E-state index contributed by atoms with van der Waals surface area (Å²) in [5.41, 5.74) is 2.66. The number of hydrogen-bond donors (Lipinski definition) is 0. The Balaban J connectivity index is 2.22. The summed E-state index contributed by atoms with van der Waals surface area (Å²) < 4.78 is 19.4. The SMILES string of the molecule is CC[B]Cc1cc(N2CCOCC2)cc(C)c1F. The molecular formula is C14H20BFNO. The first-order valence-electron chi connectivity index (χ1n) is 6.65. The number of morpholine rings is 1. The molecule has 0 aliphatic carbocycles. The van der Waals surface area contributed by atoms with Crippen molar-refractivity contribution in [2.45, 2.75) is 26.5 Å². The Morgan fingerprint density at radius 3 is 2.72 bits per heavy atom. The zero-order valence-corrected chi connectivity index (χ0v) is 11.2. The molecule has 2 rings (SSSR count). The molecule has 97 valence electrons. The average Bonchev–Trinajstić information content (AvgIpc) is 2.41. The second-order valence-corrected chi connectivity index (χ2v) is 4.74. The van der Waals surface area contributed by atoms with Crippen LogP contribution in [0.2, 0.25) is 6.32 Å². The Morgan fingerprint density at radius 1 is 1.33 bits per heavy atom. The molecule has 18 heavy (non-hydrogen) atoms. The fourth-order valence-corrected chi connectivity index (χ4v) is 2.27. The molecule has 0 spiro atoms. The molecule has 1 saturated heterocycles. The Morgan fingerprint density at radius 2 is 2.06 bits per heavy atom. The number of nitrogens with zero attached hydrogens (tertiary/aromatic N) is 1. The number of halogens is 1. The highest BCUT2D eigenvalue weighted by molar-refractivity contribution is 6.34. The van der Waals surface area contributed by atoms with Gasteiger partial charge in [0.25, 0.3) is 0 Å². The number of benzene rings is 1. The maximum Gasteiger partial charge on any atom is 0.128 e. The van der Waals surface area contributed by atoms with Gasteiger partial charge in [0.1, 0.15) is 13.1 Å². The van der Waals surface area contributed by atoms with E-state index in [4.69, 9.17) is 4.74 Å². The monoisotopic (exact) mass is 248 g/mol. The van der Waals surface area contributed by atoms with Gasteiger partial charge in [-0.15, -0.1) is 0 Å². The number of ether oxygens (including phenoxy) is 1. The Bertz CT molecular complexity index is 405. The summed E-state index contributed by atoms with van der Waals surface area (Å²) in [5, 5.41) is 0. The first-order chi connectivity index (χ1) is 8.72. The predicted octanol–water partition coefficient (Wildman–Crippen LogP) is 2.61. The normalized spacial score (nSPS) is 15.8. The van der Waals surface area contributed by atoms with E-state index in [9.17, 15) is 4.39 Å². The molecular weight excluding hydrogens is 228 g/mol. The van der Waals surface area contributed by atoms with Crippen LogP contribution in [0.25, 0.3) is 0 Å². The van der Waals surface area contributed by atoms with Crippen molar-refractivity contribution >= 4 is 13.0 Å². The fraction of sp³-hybridized carbons (Fsp3) is 0.571. The molecule has 1 heterocycles. The van der Waals surface area contributed by atoms with E-state index in [0.717, 1.165) is 49.4 Å². The molecule has 0 aromatic heterocycles. The molecule has 2 nitrogen and oxygen atoms in total. The lowest BCUT2D eigenvalue weighted by atomic mass is 9.69. The second-order valence-electron chi connectivity index (χ2n) is 4.74. The van der Waals surface area contributed by atoms with Crippen molar-refractivity contribution in [3.8, 4) is 0 Å². The van der Waals surface area contributed by atoms with Gasteiger partial charge in [0.05, 0.1) is 13.2 Å². The maximum absolute atomic E-state index is 14.0. The molecule has 1 aromatic rings.